The predicted octanol–water partition coefficient (Wildman–Crippen LogP) is 1.70. The lowest BCUT2D eigenvalue weighted by atomic mass is 9.93. The Hall–Kier alpha value is -1.39. The minimum absolute atomic E-state index is 0.0958. The molecule has 1 aromatic rings. The lowest BCUT2D eigenvalue weighted by Gasteiger charge is -2.32. The molecule has 1 amide bonds. The van der Waals surface area contributed by atoms with Crippen molar-refractivity contribution in [3.8, 4) is 0 Å². The van der Waals surface area contributed by atoms with Crippen molar-refractivity contribution < 1.29 is 9.53 Å². The highest BCUT2D eigenvalue weighted by Crippen LogP contribution is 2.39. The standard InChI is InChI=1S/C17H22N2O2/c1-11-18-14(9-12-5-3-2-4-6-12)17(20)19(11)15-10-13-7-8-16(15)21-13/h2-6,11,13-16,18H,7-10H2,1H3. The van der Waals surface area contributed by atoms with Crippen LogP contribution in [0.15, 0.2) is 30.3 Å². The fourth-order valence-corrected chi connectivity index (χ4v) is 4.16. The molecule has 5 unspecified atom stereocenters. The van der Waals surface area contributed by atoms with Gasteiger partial charge in [0, 0.05) is 0 Å². The Kier molecular flexibility index (Phi) is 3.23. The van der Waals surface area contributed by atoms with Gasteiger partial charge in [0.1, 0.15) is 0 Å². The molecule has 112 valence electrons. The van der Waals surface area contributed by atoms with Crippen LogP contribution in [0.1, 0.15) is 31.7 Å². The molecule has 2 bridgehead atoms. The largest absolute Gasteiger partial charge is 0.373 e. The van der Waals surface area contributed by atoms with E-state index < -0.39 is 0 Å². The van der Waals surface area contributed by atoms with E-state index in [2.05, 4.69) is 29.3 Å². The van der Waals surface area contributed by atoms with Crippen molar-refractivity contribution in [1.82, 2.24) is 10.2 Å². The highest BCUT2D eigenvalue weighted by atomic mass is 16.5. The summed E-state index contributed by atoms with van der Waals surface area (Å²) in [6, 6.07) is 10.4. The van der Waals surface area contributed by atoms with Gasteiger partial charge in [-0.1, -0.05) is 30.3 Å². The van der Waals surface area contributed by atoms with Gasteiger partial charge in [-0.3, -0.25) is 10.1 Å². The molecule has 3 fully saturated rings. The minimum Gasteiger partial charge on any atom is -0.373 e. The molecule has 3 aliphatic heterocycles. The molecule has 5 atom stereocenters. The molecule has 21 heavy (non-hydrogen) atoms. The van der Waals surface area contributed by atoms with Crippen LogP contribution < -0.4 is 5.32 Å². The third-order valence-corrected chi connectivity index (χ3v) is 5.13. The monoisotopic (exact) mass is 286 g/mol. The van der Waals surface area contributed by atoms with Crippen LogP contribution in [-0.4, -0.2) is 41.3 Å². The smallest absolute Gasteiger partial charge is 0.241 e. The minimum atomic E-state index is -0.0958. The molecule has 1 N–H and O–H groups in total. The molecular formula is C17H22N2O2. The average Bonchev–Trinajstić information content (AvgIpc) is 3.16. The molecular weight excluding hydrogens is 264 g/mol. The third-order valence-electron chi connectivity index (χ3n) is 5.13. The van der Waals surface area contributed by atoms with E-state index in [0.29, 0.717) is 6.10 Å². The van der Waals surface area contributed by atoms with Crippen LogP contribution in [0.2, 0.25) is 0 Å². The SMILES string of the molecule is CC1NC(Cc2ccccc2)C(=O)N1C1CC2CCC1O2. The second-order valence-electron chi connectivity index (χ2n) is 6.51. The van der Waals surface area contributed by atoms with E-state index in [1.165, 1.54) is 12.0 Å². The Balaban J connectivity index is 1.48. The quantitative estimate of drug-likeness (QED) is 0.919. The zero-order chi connectivity index (χ0) is 14.4. The number of nitrogens with zero attached hydrogens (tertiary/aromatic N) is 1. The molecule has 0 saturated carbocycles. The molecule has 0 spiro atoms. The fourth-order valence-electron chi connectivity index (χ4n) is 4.16. The van der Waals surface area contributed by atoms with E-state index in [0.717, 1.165) is 19.3 Å². The first kappa shape index (κ1) is 13.3. The van der Waals surface area contributed by atoms with Crippen LogP contribution in [0.25, 0.3) is 0 Å². The molecule has 1 aromatic carbocycles. The molecule has 0 aromatic heterocycles. The second kappa shape index (κ2) is 5.11. The summed E-state index contributed by atoms with van der Waals surface area (Å²) in [4.78, 5) is 14.8. The summed E-state index contributed by atoms with van der Waals surface area (Å²) in [6.45, 7) is 2.09. The van der Waals surface area contributed by atoms with Gasteiger partial charge >= 0.3 is 0 Å². The molecule has 3 aliphatic rings. The molecule has 4 rings (SSSR count). The van der Waals surface area contributed by atoms with Crippen molar-refractivity contribution in [3.63, 3.8) is 0 Å². The maximum Gasteiger partial charge on any atom is 0.241 e. The first-order chi connectivity index (χ1) is 10.2. The number of hydrogen-bond acceptors (Lipinski definition) is 3. The van der Waals surface area contributed by atoms with Crippen LogP contribution in [0.4, 0.5) is 0 Å². The van der Waals surface area contributed by atoms with Crippen molar-refractivity contribution in [3.05, 3.63) is 35.9 Å². The lowest BCUT2D eigenvalue weighted by Crippen LogP contribution is -2.47. The first-order valence-electron chi connectivity index (χ1n) is 8.00. The van der Waals surface area contributed by atoms with Crippen LogP contribution >= 0.6 is 0 Å². The van der Waals surface area contributed by atoms with Crippen molar-refractivity contribution in [1.29, 1.82) is 0 Å². The molecule has 0 radical (unpaired) electrons. The summed E-state index contributed by atoms with van der Waals surface area (Å²) in [5.41, 5.74) is 1.21. The van der Waals surface area contributed by atoms with Gasteiger partial charge in [-0.05, 0) is 38.2 Å². The zero-order valence-corrected chi connectivity index (χ0v) is 12.4. The number of benzene rings is 1. The van der Waals surface area contributed by atoms with Gasteiger partial charge in [0.05, 0.1) is 30.5 Å². The van der Waals surface area contributed by atoms with E-state index in [9.17, 15) is 4.79 Å². The van der Waals surface area contributed by atoms with Gasteiger partial charge in [-0.2, -0.15) is 0 Å². The van der Waals surface area contributed by atoms with E-state index in [4.69, 9.17) is 4.74 Å². The summed E-state index contributed by atoms with van der Waals surface area (Å²) in [5, 5.41) is 3.46. The summed E-state index contributed by atoms with van der Waals surface area (Å²) < 4.78 is 5.93. The summed E-state index contributed by atoms with van der Waals surface area (Å²) >= 11 is 0. The predicted molar refractivity (Wildman–Crippen MR) is 79.7 cm³/mol. The van der Waals surface area contributed by atoms with E-state index >= 15 is 0 Å². The second-order valence-corrected chi connectivity index (χ2v) is 6.51. The highest BCUT2D eigenvalue weighted by Gasteiger charge is 2.49. The summed E-state index contributed by atoms with van der Waals surface area (Å²) in [5.74, 6) is 0.243. The molecule has 3 saturated heterocycles. The van der Waals surface area contributed by atoms with Gasteiger partial charge in [-0.15, -0.1) is 0 Å². The van der Waals surface area contributed by atoms with Crippen molar-refractivity contribution in [2.24, 2.45) is 0 Å². The van der Waals surface area contributed by atoms with Gasteiger partial charge in [0.25, 0.3) is 0 Å². The zero-order valence-electron chi connectivity index (χ0n) is 12.4. The van der Waals surface area contributed by atoms with Crippen molar-refractivity contribution in [2.75, 3.05) is 0 Å². The molecule has 4 nitrogen and oxygen atoms in total. The Morgan fingerprint density at radius 3 is 2.76 bits per heavy atom. The van der Waals surface area contributed by atoms with E-state index in [-0.39, 0.29) is 30.3 Å². The molecule has 3 heterocycles. The van der Waals surface area contributed by atoms with Crippen LogP contribution in [0.5, 0.6) is 0 Å². The van der Waals surface area contributed by atoms with E-state index in [1.807, 2.05) is 18.2 Å². The molecule has 0 aliphatic carbocycles. The number of fused-ring (bicyclic) bond motifs is 2. The van der Waals surface area contributed by atoms with Crippen molar-refractivity contribution >= 4 is 5.91 Å². The Bertz CT molecular complexity index is 533. The Labute approximate surface area is 125 Å². The van der Waals surface area contributed by atoms with Gasteiger partial charge in [0.2, 0.25) is 5.91 Å². The number of carbonyl (C=O) groups excluding carboxylic acids is 1. The average molecular weight is 286 g/mol. The number of rotatable bonds is 3. The maximum atomic E-state index is 12.8. The Morgan fingerprint density at radius 1 is 1.29 bits per heavy atom. The topological polar surface area (TPSA) is 41.6 Å². The van der Waals surface area contributed by atoms with Crippen molar-refractivity contribution in [2.45, 2.75) is 63.1 Å². The van der Waals surface area contributed by atoms with Crippen LogP contribution in [-0.2, 0) is 16.0 Å². The number of carbonyl (C=O) groups is 1. The maximum absolute atomic E-state index is 12.8. The molecule has 4 heteroatoms. The van der Waals surface area contributed by atoms with Gasteiger partial charge < -0.3 is 9.64 Å². The van der Waals surface area contributed by atoms with Crippen LogP contribution in [0, 0.1) is 0 Å². The number of amides is 1. The summed E-state index contributed by atoms with van der Waals surface area (Å²) in [6.07, 6.45) is 4.81. The van der Waals surface area contributed by atoms with Gasteiger partial charge in [-0.25, -0.2) is 0 Å². The number of nitrogens with one attached hydrogen (secondary N) is 1. The first-order valence-corrected chi connectivity index (χ1v) is 8.00. The van der Waals surface area contributed by atoms with E-state index in [1.54, 1.807) is 0 Å². The number of ether oxygens (including phenoxy) is 1. The lowest BCUT2D eigenvalue weighted by molar-refractivity contribution is -0.133. The normalized spacial score (nSPS) is 38.4. The fraction of sp³-hybridized carbons (Fsp3) is 0.588. The third kappa shape index (κ3) is 2.27. The highest BCUT2D eigenvalue weighted by molar-refractivity contribution is 5.85. The number of hydrogen-bond donors (Lipinski definition) is 1. The van der Waals surface area contributed by atoms with Gasteiger partial charge in [0.15, 0.2) is 0 Å². The van der Waals surface area contributed by atoms with Crippen LogP contribution in [0.3, 0.4) is 0 Å². The Morgan fingerprint density at radius 2 is 2.10 bits per heavy atom. The summed E-state index contributed by atoms with van der Waals surface area (Å²) in [7, 11) is 0.